The summed E-state index contributed by atoms with van der Waals surface area (Å²) in [7, 11) is 0. The van der Waals surface area contributed by atoms with Gasteiger partial charge in [-0.1, -0.05) is 180 Å². The van der Waals surface area contributed by atoms with Crippen LogP contribution in [0.1, 0.15) is 105 Å². The van der Waals surface area contributed by atoms with Crippen molar-refractivity contribution >= 4 is 34.1 Å². The van der Waals surface area contributed by atoms with Gasteiger partial charge in [0.25, 0.3) is 0 Å². The summed E-state index contributed by atoms with van der Waals surface area (Å²) in [5.41, 5.74) is 17.3. The zero-order valence-corrected chi connectivity index (χ0v) is 38.1. The summed E-state index contributed by atoms with van der Waals surface area (Å²) in [5, 5.41) is 0. The van der Waals surface area contributed by atoms with Gasteiger partial charge in [0.15, 0.2) is 0 Å². The molecule has 0 heterocycles. The van der Waals surface area contributed by atoms with Gasteiger partial charge in [-0.05, 0) is 139 Å². The molecule has 0 aliphatic rings. The van der Waals surface area contributed by atoms with Gasteiger partial charge in [0.05, 0.1) is 0 Å². The van der Waals surface area contributed by atoms with Gasteiger partial charge in [-0.25, -0.2) is 0 Å². The molecular weight excluding hydrogens is 725 g/mol. The molecule has 0 N–H and O–H groups in total. The molecule has 0 aromatic heterocycles. The summed E-state index contributed by atoms with van der Waals surface area (Å²) in [6.07, 6.45) is 0. The van der Waals surface area contributed by atoms with Crippen LogP contribution in [0, 0.1) is 0 Å². The Bertz CT molecular complexity index is 2180. The fourth-order valence-corrected chi connectivity index (χ4v) is 7.80. The molecule has 0 spiro atoms. The Morgan fingerprint density at radius 3 is 0.483 bits per heavy atom. The van der Waals surface area contributed by atoms with E-state index in [1.165, 1.54) is 44.5 Å². The molecule has 0 saturated carbocycles. The first-order chi connectivity index (χ1) is 28.3. The van der Waals surface area contributed by atoms with Crippen molar-refractivity contribution in [1.82, 2.24) is 0 Å². The third kappa shape index (κ3) is 9.45. The molecule has 0 aliphatic heterocycles. The highest BCUT2D eigenvalue weighted by molar-refractivity contribution is 5.81. The van der Waals surface area contributed by atoms with Crippen molar-refractivity contribution in [1.29, 1.82) is 0 Å². The van der Waals surface area contributed by atoms with Gasteiger partial charge in [0.2, 0.25) is 0 Å². The van der Waals surface area contributed by atoms with Gasteiger partial charge in [-0.2, -0.15) is 0 Å². The molecule has 0 unspecified atom stereocenters. The van der Waals surface area contributed by atoms with Crippen LogP contribution in [-0.4, -0.2) is 0 Å². The van der Waals surface area contributed by atoms with Crippen molar-refractivity contribution in [3.63, 3.8) is 0 Å². The average Bonchev–Trinajstić information content (AvgIpc) is 3.21. The molecule has 7 rings (SSSR count). The topological polar surface area (TPSA) is 6.48 Å². The van der Waals surface area contributed by atoms with Crippen LogP contribution in [0.15, 0.2) is 170 Å². The Morgan fingerprint density at radius 2 is 0.333 bits per heavy atom. The lowest BCUT2D eigenvalue weighted by atomic mass is 9.86. The summed E-state index contributed by atoms with van der Waals surface area (Å²) in [5.74, 6) is 0. The van der Waals surface area contributed by atoms with Crippen LogP contribution in [0.2, 0.25) is 0 Å². The first-order valence-corrected chi connectivity index (χ1v) is 21.6. The quantitative estimate of drug-likeness (QED) is 0.151. The van der Waals surface area contributed by atoms with Crippen LogP contribution in [0.3, 0.4) is 0 Å². The molecule has 0 amide bonds. The largest absolute Gasteiger partial charge is 0.311 e. The summed E-state index contributed by atoms with van der Waals surface area (Å²) < 4.78 is 0. The van der Waals surface area contributed by atoms with Gasteiger partial charge in [-0.15, -0.1) is 0 Å². The van der Waals surface area contributed by atoms with E-state index in [4.69, 9.17) is 0 Å². The summed E-state index contributed by atoms with van der Waals surface area (Å²) in [4.78, 5) is 4.72. The summed E-state index contributed by atoms with van der Waals surface area (Å²) >= 11 is 0. The number of nitrogens with zero attached hydrogens (tertiary/aromatic N) is 2. The maximum absolute atomic E-state index is 2.36. The highest BCUT2D eigenvalue weighted by atomic mass is 15.1. The van der Waals surface area contributed by atoms with E-state index in [0.717, 1.165) is 34.1 Å². The van der Waals surface area contributed by atoms with Crippen LogP contribution in [-0.2, 0) is 21.7 Å². The first-order valence-electron chi connectivity index (χ1n) is 21.6. The standard InChI is InChI=1S/C58H64N2/c1-55(2,3)45-21-33-51(34-22-45)59(52-35-23-46(24-36-52)56(4,5)6)49-29-17-43(18-30-49)41-13-15-42(16-14-41)44-19-31-50(32-20-44)60(53-37-25-47(26-38-53)57(7,8)9)54-39-27-48(28-40-54)58(10,11)12/h13-40H,1-12H3. The number of benzene rings is 7. The van der Waals surface area contributed by atoms with Crippen molar-refractivity contribution in [3.8, 4) is 22.3 Å². The van der Waals surface area contributed by atoms with E-state index in [2.05, 4.69) is 263 Å². The minimum Gasteiger partial charge on any atom is -0.311 e. The second kappa shape index (κ2) is 16.3. The lowest BCUT2D eigenvalue weighted by Crippen LogP contribution is -2.14. The van der Waals surface area contributed by atoms with Crippen molar-refractivity contribution in [2.75, 3.05) is 9.80 Å². The van der Waals surface area contributed by atoms with Crippen LogP contribution < -0.4 is 9.80 Å². The lowest BCUT2D eigenvalue weighted by Gasteiger charge is -2.28. The zero-order chi connectivity index (χ0) is 43.0. The third-order valence-corrected chi connectivity index (χ3v) is 11.8. The van der Waals surface area contributed by atoms with E-state index in [0.29, 0.717) is 0 Å². The number of hydrogen-bond acceptors (Lipinski definition) is 2. The molecule has 0 aliphatic carbocycles. The molecule has 0 radical (unpaired) electrons. The molecule has 0 atom stereocenters. The number of anilines is 6. The Hall–Kier alpha value is -5.86. The van der Waals surface area contributed by atoms with Crippen LogP contribution in [0.25, 0.3) is 22.3 Å². The highest BCUT2D eigenvalue weighted by Crippen LogP contribution is 2.40. The monoisotopic (exact) mass is 789 g/mol. The second-order valence-corrected chi connectivity index (χ2v) is 20.5. The van der Waals surface area contributed by atoms with Gasteiger partial charge in [-0.3, -0.25) is 0 Å². The normalized spacial score (nSPS) is 12.3. The van der Waals surface area contributed by atoms with Crippen LogP contribution >= 0.6 is 0 Å². The van der Waals surface area contributed by atoms with Crippen LogP contribution in [0.4, 0.5) is 34.1 Å². The highest BCUT2D eigenvalue weighted by Gasteiger charge is 2.21. The molecule has 0 fully saturated rings. The van der Waals surface area contributed by atoms with E-state index in [9.17, 15) is 0 Å². The van der Waals surface area contributed by atoms with Crippen molar-refractivity contribution in [3.05, 3.63) is 192 Å². The van der Waals surface area contributed by atoms with Gasteiger partial charge in [0, 0.05) is 34.1 Å². The van der Waals surface area contributed by atoms with Crippen molar-refractivity contribution < 1.29 is 0 Å². The molecule has 7 aromatic carbocycles. The number of rotatable bonds is 8. The minimum absolute atomic E-state index is 0.0956. The third-order valence-electron chi connectivity index (χ3n) is 11.8. The molecule has 2 nitrogen and oxygen atoms in total. The van der Waals surface area contributed by atoms with E-state index in [1.807, 2.05) is 0 Å². The minimum atomic E-state index is 0.0956. The SMILES string of the molecule is CC(C)(C)c1ccc(N(c2ccc(-c3ccc(-c4ccc(N(c5ccc(C(C)(C)C)cc5)c5ccc(C(C)(C)C)cc5)cc4)cc3)cc2)c2ccc(C(C)(C)C)cc2)cc1. The Morgan fingerprint density at radius 1 is 0.200 bits per heavy atom. The molecule has 7 aromatic rings. The van der Waals surface area contributed by atoms with Gasteiger partial charge >= 0.3 is 0 Å². The van der Waals surface area contributed by atoms with Crippen molar-refractivity contribution in [2.45, 2.75) is 105 Å². The van der Waals surface area contributed by atoms with Crippen molar-refractivity contribution in [2.24, 2.45) is 0 Å². The first kappa shape index (κ1) is 42.3. The fourth-order valence-electron chi connectivity index (χ4n) is 7.80. The lowest BCUT2D eigenvalue weighted by molar-refractivity contribution is 0.590. The predicted octanol–water partition coefficient (Wildman–Crippen LogP) is 17.2. The Kier molecular flexibility index (Phi) is 11.5. The molecule has 306 valence electrons. The molecule has 2 heteroatoms. The summed E-state index contributed by atoms with van der Waals surface area (Å²) in [6, 6.07) is 63.1. The summed E-state index contributed by atoms with van der Waals surface area (Å²) in [6.45, 7) is 27.2. The Balaban J connectivity index is 1.14. The maximum atomic E-state index is 2.36. The number of hydrogen-bond donors (Lipinski definition) is 0. The fraction of sp³-hybridized carbons (Fsp3) is 0.276. The molecule has 0 saturated heterocycles. The zero-order valence-electron chi connectivity index (χ0n) is 38.1. The average molecular weight is 789 g/mol. The van der Waals surface area contributed by atoms with Gasteiger partial charge in [0.1, 0.15) is 0 Å². The van der Waals surface area contributed by atoms with Gasteiger partial charge < -0.3 is 9.80 Å². The maximum Gasteiger partial charge on any atom is 0.0462 e. The van der Waals surface area contributed by atoms with E-state index < -0.39 is 0 Å². The molecule has 60 heavy (non-hydrogen) atoms. The van der Waals surface area contributed by atoms with E-state index in [-0.39, 0.29) is 21.7 Å². The molecular formula is C58H64N2. The van der Waals surface area contributed by atoms with E-state index >= 15 is 0 Å². The second-order valence-electron chi connectivity index (χ2n) is 20.5. The Labute approximate surface area is 361 Å². The van der Waals surface area contributed by atoms with Crippen LogP contribution in [0.5, 0.6) is 0 Å². The molecule has 0 bridgehead atoms. The predicted molar refractivity (Wildman–Crippen MR) is 261 cm³/mol. The van der Waals surface area contributed by atoms with E-state index in [1.54, 1.807) is 0 Å². The smallest absolute Gasteiger partial charge is 0.0462 e.